The summed E-state index contributed by atoms with van der Waals surface area (Å²) < 4.78 is 1.24. The zero-order valence-corrected chi connectivity index (χ0v) is 10.6. The molecule has 2 rings (SSSR count). The van der Waals surface area contributed by atoms with Gasteiger partial charge in [-0.15, -0.1) is 0 Å². The minimum atomic E-state index is -0.484. The van der Waals surface area contributed by atoms with Gasteiger partial charge in [0.1, 0.15) is 6.54 Å². The number of pyridine rings is 1. The number of nitrogens with one attached hydrogen (secondary N) is 2. The number of aromatic nitrogens is 1. The van der Waals surface area contributed by atoms with Crippen molar-refractivity contribution in [2.45, 2.75) is 6.54 Å². The molecule has 0 saturated heterocycles. The third-order valence-electron chi connectivity index (χ3n) is 2.56. The Bertz CT molecular complexity index is 665. The molecule has 0 fully saturated rings. The van der Waals surface area contributed by atoms with Gasteiger partial charge in [-0.05, 0) is 18.2 Å². The molecule has 0 unspecified atom stereocenters. The molecule has 0 aliphatic heterocycles. The molecule has 0 radical (unpaired) electrons. The molecule has 0 saturated carbocycles. The fraction of sp³-hybridized carbons (Fsp3) is 0.0714. The van der Waals surface area contributed by atoms with Gasteiger partial charge in [0.15, 0.2) is 0 Å². The van der Waals surface area contributed by atoms with Gasteiger partial charge in [0.2, 0.25) is 0 Å². The number of hydrogen-bond acceptors (Lipinski definition) is 3. The van der Waals surface area contributed by atoms with Crippen LogP contribution in [-0.4, -0.2) is 16.4 Å². The second-order valence-electron chi connectivity index (χ2n) is 4.04. The second-order valence-corrected chi connectivity index (χ2v) is 4.04. The number of nitrogens with zero attached hydrogens (tertiary/aromatic N) is 1. The summed E-state index contributed by atoms with van der Waals surface area (Å²) in [6, 6.07) is 13.1. The van der Waals surface area contributed by atoms with Crippen molar-refractivity contribution in [3.63, 3.8) is 0 Å². The van der Waals surface area contributed by atoms with Gasteiger partial charge in [-0.2, -0.15) is 0 Å². The van der Waals surface area contributed by atoms with E-state index in [4.69, 9.17) is 0 Å². The van der Waals surface area contributed by atoms with E-state index < -0.39 is 11.8 Å². The number of carbonyl (C=O) groups excluding carboxylic acids is 2. The Morgan fingerprint density at radius 2 is 1.65 bits per heavy atom. The Kier molecular flexibility index (Phi) is 4.28. The fourth-order valence-corrected chi connectivity index (χ4v) is 1.57. The van der Waals surface area contributed by atoms with Crippen LogP contribution in [0.4, 0.5) is 0 Å². The maximum Gasteiger partial charge on any atom is 0.269 e. The van der Waals surface area contributed by atoms with E-state index in [2.05, 4.69) is 10.9 Å². The summed E-state index contributed by atoms with van der Waals surface area (Å²) in [4.78, 5) is 34.7. The molecule has 2 N–H and O–H groups in total. The smallest absolute Gasteiger partial charge is 0.269 e. The molecule has 2 amide bonds. The Balaban J connectivity index is 1.89. The Hall–Kier alpha value is -2.89. The van der Waals surface area contributed by atoms with Crippen LogP contribution in [0.25, 0.3) is 0 Å². The first-order chi connectivity index (χ1) is 9.66. The van der Waals surface area contributed by atoms with Crippen molar-refractivity contribution in [1.82, 2.24) is 15.4 Å². The van der Waals surface area contributed by atoms with Crippen molar-refractivity contribution in [1.29, 1.82) is 0 Å². The topological polar surface area (TPSA) is 80.2 Å². The van der Waals surface area contributed by atoms with E-state index in [1.54, 1.807) is 42.5 Å². The minimum Gasteiger partial charge on any atom is -0.306 e. The first kappa shape index (κ1) is 13.5. The summed E-state index contributed by atoms with van der Waals surface area (Å²) in [5.41, 5.74) is 4.70. The first-order valence-electron chi connectivity index (χ1n) is 5.96. The van der Waals surface area contributed by atoms with Gasteiger partial charge in [-0.25, -0.2) is 0 Å². The number of benzene rings is 1. The molecule has 6 nitrogen and oxygen atoms in total. The zero-order valence-electron chi connectivity index (χ0n) is 10.6. The van der Waals surface area contributed by atoms with E-state index in [9.17, 15) is 14.4 Å². The van der Waals surface area contributed by atoms with Gasteiger partial charge in [0.05, 0.1) is 0 Å². The molecule has 20 heavy (non-hydrogen) atoms. The Morgan fingerprint density at radius 3 is 2.35 bits per heavy atom. The van der Waals surface area contributed by atoms with Crippen molar-refractivity contribution in [3.05, 3.63) is 70.6 Å². The van der Waals surface area contributed by atoms with E-state index in [1.165, 1.54) is 16.8 Å². The van der Waals surface area contributed by atoms with Gasteiger partial charge in [-0.3, -0.25) is 25.2 Å². The molecular weight excluding hydrogens is 258 g/mol. The monoisotopic (exact) mass is 271 g/mol. The Labute approximate surface area is 115 Å². The number of rotatable bonds is 3. The second kappa shape index (κ2) is 6.33. The van der Waals surface area contributed by atoms with Gasteiger partial charge >= 0.3 is 0 Å². The molecule has 0 atom stereocenters. The average Bonchev–Trinajstić information content (AvgIpc) is 2.48. The lowest BCUT2D eigenvalue weighted by atomic mass is 10.2. The van der Waals surface area contributed by atoms with E-state index >= 15 is 0 Å². The van der Waals surface area contributed by atoms with Gasteiger partial charge in [0.25, 0.3) is 17.4 Å². The van der Waals surface area contributed by atoms with Gasteiger partial charge < -0.3 is 4.57 Å². The maximum atomic E-state index is 11.7. The standard InChI is InChI=1S/C14H13N3O3/c18-12(10-17-9-5-4-8-13(17)19)15-16-14(20)11-6-2-1-3-7-11/h1-9H,10H2,(H,15,18)(H,16,20). The maximum absolute atomic E-state index is 11.7. The zero-order chi connectivity index (χ0) is 14.4. The molecule has 1 heterocycles. The van der Waals surface area contributed by atoms with Crippen molar-refractivity contribution >= 4 is 11.8 Å². The van der Waals surface area contributed by atoms with Crippen LogP contribution in [0.3, 0.4) is 0 Å². The summed E-state index contributed by atoms with van der Waals surface area (Å²) in [7, 11) is 0. The van der Waals surface area contributed by atoms with E-state index in [1.807, 2.05) is 0 Å². The van der Waals surface area contributed by atoms with Crippen molar-refractivity contribution in [2.75, 3.05) is 0 Å². The van der Waals surface area contributed by atoms with Crippen LogP contribution < -0.4 is 16.4 Å². The predicted molar refractivity (Wildman–Crippen MR) is 72.8 cm³/mol. The predicted octanol–water partition coefficient (Wildman–Crippen LogP) is 0.309. The van der Waals surface area contributed by atoms with Crippen molar-refractivity contribution < 1.29 is 9.59 Å². The average molecular weight is 271 g/mol. The quantitative estimate of drug-likeness (QED) is 0.788. The molecule has 1 aromatic carbocycles. The lowest BCUT2D eigenvalue weighted by molar-refractivity contribution is -0.122. The van der Waals surface area contributed by atoms with E-state index in [0.29, 0.717) is 5.56 Å². The van der Waals surface area contributed by atoms with E-state index in [0.717, 1.165) is 0 Å². The highest BCUT2D eigenvalue weighted by atomic mass is 16.2. The van der Waals surface area contributed by atoms with Crippen LogP contribution in [0.2, 0.25) is 0 Å². The van der Waals surface area contributed by atoms with Crippen LogP contribution in [0, 0.1) is 0 Å². The molecule has 6 heteroatoms. The third-order valence-corrected chi connectivity index (χ3v) is 2.56. The molecule has 0 bridgehead atoms. The highest BCUT2D eigenvalue weighted by Gasteiger charge is 2.07. The SMILES string of the molecule is O=C(Cn1ccccc1=O)NNC(=O)c1ccccc1. The Morgan fingerprint density at radius 1 is 0.950 bits per heavy atom. The molecule has 0 spiro atoms. The lowest BCUT2D eigenvalue weighted by Crippen LogP contribution is -2.44. The number of amides is 2. The lowest BCUT2D eigenvalue weighted by Gasteiger charge is -2.08. The summed E-state index contributed by atoms with van der Waals surface area (Å²) >= 11 is 0. The van der Waals surface area contributed by atoms with Crippen LogP contribution in [0.15, 0.2) is 59.5 Å². The highest BCUT2D eigenvalue weighted by Crippen LogP contribution is 1.96. The summed E-state index contributed by atoms with van der Waals surface area (Å²) in [6.45, 7) is -0.158. The third kappa shape index (κ3) is 3.55. The summed E-state index contributed by atoms with van der Waals surface area (Å²) in [5.74, 6) is -0.901. The number of carbonyl (C=O) groups is 2. The van der Waals surface area contributed by atoms with Crippen molar-refractivity contribution in [3.8, 4) is 0 Å². The molecular formula is C14H13N3O3. The summed E-state index contributed by atoms with van der Waals surface area (Å²) in [5, 5.41) is 0. The van der Waals surface area contributed by atoms with Crippen LogP contribution in [-0.2, 0) is 11.3 Å². The van der Waals surface area contributed by atoms with Gasteiger partial charge in [-0.1, -0.05) is 24.3 Å². The van der Waals surface area contributed by atoms with E-state index in [-0.39, 0.29) is 12.1 Å². The first-order valence-corrected chi connectivity index (χ1v) is 5.96. The van der Waals surface area contributed by atoms with Crippen LogP contribution in [0.1, 0.15) is 10.4 Å². The molecule has 0 aliphatic carbocycles. The van der Waals surface area contributed by atoms with Crippen LogP contribution in [0.5, 0.6) is 0 Å². The fourth-order valence-electron chi connectivity index (χ4n) is 1.57. The molecule has 1 aromatic heterocycles. The highest BCUT2D eigenvalue weighted by molar-refractivity contribution is 5.95. The largest absolute Gasteiger partial charge is 0.306 e. The minimum absolute atomic E-state index is 0.158. The number of hydrazine groups is 1. The van der Waals surface area contributed by atoms with Crippen molar-refractivity contribution in [2.24, 2.45) is 0 Å². The van der Waals surface area contributed by atoms with Crippen LogP contribution >= 0.6 is 0 Å². The number of hydrogen-bond donors (Lipinski definition) is 2. The summed E-state index contributed by atoms with van der Waals surface area (Å²) in [6.07, 6.45) is 1.50. The normalized spacial score (nSPS) is 9.80. The molecule has 2 aromatic rings. The molecule has 102 valence electrons. The molecule has 0 aliphatic rings. The van der Waals surface area contributed by atoms with Gasteiger partial charge in [0, 0.05) is 17.8 Å².